The van der Waals surface area contributed by atoms with E-state index in [1.165, 1.54) is 0 Å². The molecule has 80 valence electrons. The maximum atomic E-state index is 5.06. The minimum Gasteiger partial charge on any atom is -0.265 e. The van der Waals surface area contributed by atoms with Gasteiger partial charge in [-0.05, 0) is 24.1 Å². The Morgan fingerprint density at radius 2 is 2.33 bits per heavy atom. The largest absolute Gasteiger partial charge is 0.265 e. The molecule has 1 aromatic heterocycles. The molecule has 1 aromatic rings. The van der Waals surface area contributed by atoms with Crippen LogP contribution in [0.3, 0.4) is 0 Å². The Kier molecular flexibility index (Phi) is 5.96. The summed E-state index contributed by atoms with van der Waals surface area (Å²) in [6.45, 7) is 2.12. The van der Waals surface area contributed by atoms with E-state index in [4.69, 9.17) is 12.2 Å². The summed E-state index contributed by atoms with van der Waals surface area (Å²) in [6.07, 6.45) is 6.29. The molecule has 15 heavy (non-hydrogen) atoms. The van der Waals surface area contributed by atoms with Gasteiger partial charge in [-0.15, -0.1) is 0 Å². The fourth-order valence-corrected chi connectivity index (χ4v) is 1.65. The molecule has 5 heteroatoms. The molecule has 0 fully saturated rings. The predicted octanol–water partition coefficient (Wildman–Crippen LogP) is 2.43. The van der Waals surface area contributed by atoms with Crippen molar-refractivity contribution >= 4 is 34.5 Å². The monoisotopic (exact) mass is 239 g/mol. The van der Waals surface area contributed by atoms with Gasteiger partial charge in [0.1, 0.15) is 0 Å². The molecular formula is C10H13N3S2. The van der Waals surface area contributed by atoms with Crippen molar-refractivity contribution in [3.63, 3.8) is 0 Å². The molecule has 3 nitrogen and oxygen atoms in total. The summed E-state index contributed by atoms with van der Waals surface area (Å²) in [7, 11) is 0. The van der Waals surface area contributed by atoms with Crippen LogP contribution in [-0.4, -0.2) is 21.3 Å². The van der Waals surface area contributed by atoms with Gasteiger partial charge in [0, 0.05) is 18.1 Å². The van der Waals surface area contributed by atoms with Gasteiger partial charge >= 0.3 is 0 Å². The Morgan fingerprint density at radius 3 is 3.00 bits per heavy atom. The first-order chi connectivity index (χ1) is 7.33. The molecule has 0 unspecified atom stereocenters. The predicted molar refractivity (Wildman–Crippen MR) is 70.3 cm³/mol. The quantitative estimate of drug-likeness (QED) is 0.497. The number of rotatable bonds is 4. The van der Waals surface area contributed by atoms with Crippen molar-refractivity contribution < 1.29 is 0 Å². The Morgan fingerprint density at radius 1 is 1.60 bits per heavy atom. The molecule has 0 aromatic carbocycles. The summed E-state index contributed by atoms with van der Waals surface area (Å²) < 4.78 is 0.710. The van der Waals surface area contributed by atoms with E-state index in [1.54, 1.807) is 30.4 Å². The third kappa shape index (κ3) is 5.49. The van der Waals surface area contributed by atoms with Crippen LogP contribution in [0.4, 0.5) is 0 Å². The van der Waals surface area contributed by atoms with Gasteiger partial charge in [-0.2, -0.15) is 5.10 Å². The molecule has 0 saturated heterocycles. The molecule has 0 radical (unpaired) electrons. The van der Waals surface area contributed by atoms with E-state index < -0.39 is 0 Å². The van der Waals surface area contributed by atoms with E-state index >= 15 is 0 Å². The molecule has 0 saturated carbocycles. The number of nitrogens with one attached hydrogen (secondary N) is 1. The van der Waals surface area contributed by atoms with Gasteiger partial charge in [-0.3, -0.25) is 10.4 Å². The summed E-state index contributed by atoms with van der Waals surface area (Å²) in [5.41, 5.74) is 3.81. The van der Waals surface area contributed by atoms with Gasteiger partial charge in [0.2, 0.25) is 0 Å². The summed E-state index contributed by atoms with van der Waals surface area (Å²) >= 11 is 6.67. The molecule has 0 atom stereocenters. The highest BCUT2D eigenvalue weighted by atomic mass is 32.2. The van der Waals surface area contributed by atoms with Gasteiger partial charge in [0.05, 0.1) is 6.21 Å². The number of hydrogen-bond acceptors (Lipinski definition) is 4. The number of thiocarbonyl (C=S) groups is 1. The first kappa shape index (κ1) is 12.1. The average Bonchev–Trinajstić information content (AvgIpc) is 2.28. The lowest BCUT2D eigenvalue weighted by atomic mass is 10.3. The van der Waals surface area contributed by atoms with E-state index in [0.29, 0.717) is 4.32 Å². The van der Waals surface area contributed by atoms with Crippen molar-refractivity contribution in [2.75, 3.05) is 5.75 Å². The molecule has 0 aliphatic heterocycles. The lowest BCUT2D eigenvalue weighted by Gasteiger charge is -1.99. The van der Waals surface area contributed by atoms with Crippen molar-refractivity contribution in [3.05, 3.63) is 30.1 Å². The fraction of sp³-hybridized carbons (Fsp3) is 0.300. The fourth-order valence-electron chi connectivity index (χ4n) is 0.836. The molecule has 0 bridgehead atoms. The van der Waals surface area contributed by atoms with Crippen LogP contribution < -0.4 is 5.43 Å². The van der Waals surface area contributed by atoms with Crippen molar-refractivity contribution in [2.24, 2.45) is 5.10 Å². The van der Waals surface area contributed by atoms with Gasteiger partial charge < -0.3 is 0 Å². The van der Waals surface area contributed by atoms with E-state index in [9.17, 15) is 0 Å². The number of thioether (sulfide) groups is 1. The van der Waals surface area contributed by atoms with Crippen molar-refractivity contribution in [2.45, 2.75) is 13.3 Å². The minimum atomic E-state index is 0.710. The second-order valence-corrected chi connectivity index (χ2v) is 4.56. The minimum absolute atomic E-state index is 0.710. The molecular weight excluding hydrogens is 226 g/mol. The SMILES string of the molecule is CCCSC(=S)NN=Cc1ccncc1. The zero-order valence-electron chi connectivity index (χ0n) is 8.51. The number of hydrazone groups is 1. The number of pyridine rings is 1. The first-order valence-corrected chi connectivity index (χ1v) is 6.08. The summed E-state index contributed by atoms with van der Waals surface area (Å²) in [5.74, 6) is 1.02. The molecule has 1 rings (SSSR count). The topological polar surface area (TPSA) is 37.3 Å². The Labute approximate surface area is 99.4 Å². The Balaban J connectivity index is 2.31. The Bertz CT molecular complexity index is 325. The smallest absolute Gasteiger partial charge is 0.154 e. The van der Waals surface area contributed by atoms with Crippen LogP contribution in [-0.2, 0) is 0 Å². The van der Waals surface area contributed by atoms with Crippen LogP contribution in [0.2, 0.25) is 0 Å². The lowest BCUT2D eigenvalue weighted by molar-refractivity contribution is 1.07. The molecule has 0 amide bonds. The van der Waals surface area contributed by atoms with E-state index in [-0.39, 0.29) is 0 Å². The van der Waals surface area contributed by atoms with Crippen LogP contribution >= 0.6 is 24.0 Å². The summed E-state index contributed by atoms with van der Waals surface area (Å²) in [5, 5.41) is 4.03. The molecule has 1 heterocycles. The molecule has 0 aliphatic carbocycles. The first-order valence-electron chi connectivity index (χ1n) is 4.68. The number of aromatic nitrogens is 1. The van der Waals surface area contributed by atoms with Gasteiger partial charge in [-0.1, -0.05) is 30.9 Å². The van der Waals surface area contributed by atoms with Crippen LogP contribution in [0.15, 0.2) is 29.6 Å². The van der Waals surface area contributed by atoms with Gasteiger partial charge in [0.15, 0.2) is 4.32 Å². The van der Waals surface area contributed by atoms with Crippen molar-refractivity contribution in [3.8, 4) is 0 Å². The van der Waals surface area contributed by atoms with E-state index in [1.807, 2.05) is 12.1 Å². The highest BCUT2D eigenvalue weighted by Gasteiger charge is 1.92. The van der Waals surface area contributed by atoms with Gasteiger partial charge in [0.25, 0.3) is 0 Å². The van der Waals surface area contributed by atoms with Gasteiger partial charge in [-0.25, -0.2) is 0 Å². The third-order valence-corrected chi connectivity index (χ3v) is 2.92. The Hall–Kier alpha value is -0.940. The highest BCUT2D eigenvalue weighted by Crippen LogP contribution is 2.03. The maximum Gasteiger partial charge on any atom is 0.154 e. The average molecular weight is 239 g/mol. The van der Waals surface area contributed by atoms with E-state index in [0.717, 1.165) is 17.7 Å². The zero-order valence-corrected chi connectivity index (χ0v) is 10.1. The van der Waals surface area contributed by atoms with Crippen molar-refractivity contribution in [1.29, 1.82) is 0 Å². The second-order valence-electron chi connectivity index (χ2n) is 2.79. The number of nitrogens with zero attached hydrogens (tertiary/aromatic N) is 2. The maximum absolute atomic E-state index is 5.06. The van der Waals surface area contributed by atoms with Crippen molar-refractivity contribution in [1.82, 2.24) is 10.4 Å². The highest BCUT2D eigenvalue weighted by molar-refractivity contribution is 8.22. The third-order valence-electron chi connectivity index (χ3n) is 1.51. The van der Waals surface area contributed by atoms with Crippen LogP contribution in [0, 0.1) is 0 Å². The summed E-state index contributed by atoms with van der Waals surface area (Å²) in [6, 6.07) is 3.76. The van der Waals surface area contributed by atoms with Crippen LogP contribution in [0.1, 0.15) is 18.9 Å². The standard InChI is InChI=1S/C10H13N3S2/c1-2-7-15-10(14)13-12-8-9-3-5-11-6-4-9/h3-6,8H,2,7H2,1H3,(H,13,14). The lowest BCUT2D eigenvalue weighted by Crippen LogP contribution is -2.11. The zero-order chi connectivity index (χ0) is 10.9. The van der Waals surface area contributed by atoms with E-state index in [2.05, 4.69) is 22.4 Å². The molecule has 0 aliphatic rings. The summed E-state index contributed by atoms with van der Waals surface area (Å²) in [4.78, 5) is 3.92. The number of hydrogen-bond donors (Lipinski definition) is 1. The van der Waals surface area contributed by atoms with Crippen LogP contribution in [0.5, 0.6) is 0 Å². The normalized spacial score (nSPS) is 10.5. The molecule has 0 spiro atoms. The van der Waals surface area contributed by atoms with Crippen LogP contribution in [0.25, 0.3) is 0 Å². The second kappa shape index (κ2) is 7.36. The molecule has 1 N–H and O–H groups in total.